The predicted octanol–water partition coefficient (Wildman–Crippen LogP) is 0.195. The van der Waals surface area contributed by atoms with Crippen LogP contribution in [0.2, 0.25) is 0 Å². The summed E-state index contributed by atoms with van der Waals surface area (Å²) in [5, 5.41) is 4.58. The molecule has 0 aliphatic carbocycles. The third-order valence-electron chi connectivity index (χ3n) is 5.16. The number of hydrogen-bond donors (Lipinski definition) is 0. The Kier molecular flexibility index (Phi) is 3.93. The molecule has 4 rings (SSSR count). The number of carbonyl (C=O) groups excluding carboxylic acids is 1. The second-order valence-corrected chi connectivity index (χ2v) is 7.93. The van der Waals surface area contributed by atoms with E-state index in [-0.39, 0.29) is 17.5 Å². The monoisotopic (exact) mass is 334 g/mol. The smallest absolute Gasteiger partial charge is 0.267 e. The van der Waals surface area contributed by atoms with Gasteiger partial charge in [0.15, 0.2) is 0 Å². The molecule has 6 nitrogen and oxygen atoms in total. The van der Waals surface area contributed by atoms with Crippen LogP contribution in [0.5, 0.6) is 0 Å². The molecule has 1 aromatic rings. The van der Waals surface area contributed by atoms with Crippen LogP contribution in [0.4, 0.5) is 0 Å². The molecule has 7 heteroatoms. The normalized spacial score (nSPS) is 25.5. The lowest BCUT2D eigenvalue weighted by molar-refractivity contribution is -0.133. The quantitative estimate of drug-likeness (QED) is 0.790. The van der Waals surface area contributed by atoms with Crippen molar-refractivity contribution < 1.29 is 4.79 Å². The summed E-state index contributed by atoms with van der Waals surface area (Å²) in [6.07, 6.45) is 1.89. The van der Waals surface area contributed by atoms with Crippen molar-refractivity contribution in [3.05, 3.63) is 27.7 Å². The molecule has 124 valence electrons. The Morgan fingerprint density at radius 3 is 2.91 bits per heavy atom. The summed E-state index contributed by atoms with van der Waals surface area (Å²) in [7, 11) is 1.87. The summed E-state index contributed by atoms with van der Waals surface area (Å²) in [6.45, 7) is 3.32. The van der Waals surface area contributed by atoms with Gasteiger partial charge in [0.25, 0.3) is 5.56 Å². The van der Waals surface area contributed by atoms with Gasteiger partial charge in [0.2, 0.25) is 5.91 Å². The standard InChI is InChI=1S/C16H22N4O2S/c1-18-4-2-14(16(18)22)19-7-11(8-19)9-20-15(21)6-12-10-23-5-3-13(12)17-20/h6,11,14H,2-5,7-10H2,1H3. The molecule has 23 heavy (non-hydrogen) atoms. The molecule has 1 amide bonds. The number of likely N-dealkylation sites (tertiary alicyclic amines) is 2. The molecule has 1 unspecified atom stereocenters. The van der Waals surface area contributed by atoms with Crippen LogP contribution in [-0.4, -0.2) is 64.0 Å². The van der Waals surface area contributed by atoms with Crippen LogP contribution in [0.25, 0.3) is 0 Å². The van der Waals surface area contributed by atoms with E-state index in [2.05, 4.69) is 10.00 Å². The first kappa shape index (κ1) is 15.2. The molecule has 0 spiro atoms. The zero-order valence-electron chi connectivity index (χ0n) is 13.4. The van der Waals surface area contributed by atoms with Crippen LogP contribution in [0, 0.1) is 5.92 Å². The minimum absolute atomic E-state index is 0.0152. The fraction of sp³-hybridized carbons (Fsp3) is 0.688. The molecule has 3 aliphatic heterocycles. The third kappa shape index (κ3) is 2.80. The van der Waals surface area contributed by atoms with Gasteiger partial charge in [0, 0.05) is 50.8 Å². The summed E-state index contributed by atoms with van der Waals surface area (Å²) in [4.78, 5) is 28.3. The van der Waals surface area contributed by atoms with Crippen molar-refractivity contribution in [3.8, 4) is 0 Å². The lowest BCUT2D eigenvalue weighted by Crippen LogP contribution is -2.56. The number of fused-ring (bicyclic) bond motifs is 1. The first-order valence-electron chi connectivity index (χ1n) is 8.28. The van der Waals surface area contributed by atoms with Gasteiger partial charge in [-0.15, -0.1) is 0 Å². The molecule has 0 bridgehead atoms. The molecular formula is C16H22N4O2S. The van der Waals surface area contributed by atoms with Crippen molar-refractivity contribution in [2.45, 2.75) is 31.2 Å². The van der Waals surface area contributed by atoms with Crippen LogP contribution in [0.15, 0.2) is 10.9 Å². The molecule has 1 aromatic heterocycles. The van der Waals surface area contributed by atoms with E-state index in [4.69, 9.17) is 0 Å². The van der Waals surface area contributed by atoms with Gasteiger partial charge >= 0.3 is 0 Å². The van der Waals surface area contributed by atoms with Crippen molar-refractivity contribution in [2.24, 2.45) is 5.92 Å². The number of likely N-dealkylation sites (N-methyl/N-ethyl adjacent to an activating group) is 1. The van der Waals surface area contributed by atoms with Crippen molar-refractivity contribution in [2.75, 3.05) is 32.4 Å². The highest BCUT2D eigenvalue weighted by molar-refractivity contribution is 7.98. The topological polar surface area (TPSA) is 58.4 Å². The average molecular weight is 334 g/mol. The van der Waals surface area contributed by atoms with Crippen molar-refractivity contribution in [1.82, 2.24) is 19.6 Å². The zero-order chi connectivity index (χ0) is 16.0. The lowest BCUT2D eigenvalue weighted by atomic mass is 9.97. The molecule has 0 aromatic carbocycles. The highest BCUT2D eigenvalue weighted by atomic mass is 32.2. The summed E-state index contributed by atoms with van der Waals surface area (Å²) in [5.41, 5.74) is 2.21. The second-order valence-electron chi connectivity index (χ2n) is 6.82. The van der Waals surface area contributed by atoms with E-state index in [1.807, 2.05) is 23.7 Å². The average Bonchev–Trinajstić information content (AvgIpc) is 2.83. The SMILES string of the molecule is CN1CCC(N2CC(Cn3nc4c(cc3=O)CSCC4)C2)C1=O. The Bertz CT molecular complexity index is 683. The molecule has 1 atom stereocenters. The number of carbonyl (C=O) groups is 1. The van der Waals surface area contributed by atoms with Gasteiger partial charge < -0.3 is 4.90 Å². The van der Waals surface area contributed by atoms with Crippen LogP contribution in [0.3, 0.4) is 0 Å². The van der Waals surface area contributed by atoms with Gasteiger partial charge in [-0.2, -0.15) is 16.9 Å². The van der Waals surface area contributed by atoms with Crippen LogP contribution in [-0.2, 0) is 23.5 Å². The Balaban J connectivity index is 1.39. The van der Waals surface area contributed by atoms with Crippen molar-refractivity contribution >= 4 is 17.7 Å². The number of aromatic nitrogens is 2. The number of rotatable bonds is 3. The number of aryl methyl sites for hydroxylation is 1. The van der Waals surface area contributed by atoms with E-state index in [0.717, 1.165) is 55.2 Å². The number of amides is 1. The Hall–Kier alpha value is -1.34. The maximum absolute atomic E-state index is 12.2. The molecular weight excluding hydrogens is 312 g/mol. The lowest BCUT2D eigenvalue weighted by Gasteiger charge is -2.42. The van der Waals surface area contributed by atoms with E-state index >= 15 is 0 Å². The molecule has 0 N–H and O–H groups in total. The zero-order valence-corrected chi connectivity index (χ0v) is 14.2. The number of thioether (sulfide) groups is 1. The van der Waals surface area contributed by atoms with Gasteiger partial charge in [-0.25, -0.2) is 4.68 Å². The van der Waals surface area contributed by atoms with Crippen LogP contribution < -0.4 is 5.56 Å². The predicted molar refractivity (Wildman–Crippen MR) is 89.5 cm³/mol. The highest BCUT2D eigenvalue weighted by Gasteiger charge is 2.40. The number of hydrogen-bond acceptors (Lipinski definition) is 5. The van der Waals surface area contributed by atoms with Gasteiger partial charge in [0.1, 0.15) is 0 Å². The highest BCUT2D eigenvalue weighted by Crippen LogP contribution is 2.26. The molecule has 0 radical (unpaired) electrons. The van der Waals surface area contributed by atoms with Crippen molar-refractivity contribution in [1.29, 1.82) is 0 Å². The van der Waals surface area contributed by atoms with Crippen molar-refractivity contribution in [3.63, 3.8) is 0 Å². The third-order valence-corrected chi connectivity index (χ3v) is 6.17. The van der Waals surface area contributed by atoms with Crippen LogP contribution >= 0.6 is 11.8 Å². The molecule has 2 saturated heterocycles. The minimum atomic E-state index is 0.0152. The molecule has 0 saturated carbocycles. The Morgan fingerprint density at radius 2 is 2.17 bits per heavy atom. The Morgan fingerprint density at radius 1 is 1.35 bits per heavy atom. The van der Waals surface area contributed by atoms with E-state index in [0.29, 0.717) is 12.5 Å². The van der Waals surface area contributed by atoms with E-state index in [1.54, 1.807) is 10.7 Å². The first-order valence-corrected chi connectivity index (χ1v) is 9.44. The van der Waals surface area contributed by atoms with E-state index in [1.165, 1.54) is 0 Å². The first-order chi connectivity index (χ1) is 11.1. The van der Waals surface area contributed by atoms with Gasteiger partial charge in [-0.3, -0.25) is 14.5 Å². The van der Waals surface area contributed by atoms with Gasteiger partial charge in [-0.1, -0.05) is 0 Å². The maximum Gasteiger partial charge on any atom is 0.267 e. The summed E-state index contributed by atoms with van der Waals surface area (Å²) < 4.78 is 1.64. The maximum atomic E-state index is 12.2. The van der Waals surface area contributed by atoms with Gasteiger partial charge in [-0.05, 0) is 17.7 Å². The summed E-state index contributed by atoms with van der Waals surface area (Å²) >= 11 is 1.87. The van der Waals surface area contributed by atoms with E-state index < -0.39 is 0 Å². The Labute approximate surface area is 139 Å². The fourth-order valence-corrected chi connectivity index (χ4v) is 4.70. The summed E-state index contributed by atoms with van der Waals surface area (Å²) in [6, 6.07) is 1.82. The second kappa shape index (κ2) is 5.94. The minimum Gasteiger partial charge on any atom is -0.344 e. The molecule has 4 heterocycles. The largest absolute Gasteiger partial charge is 0.344 e. The molecule has 2 fully saturated rings. The summed E-state index contributed by atoms with van der Waals surface area (Å²) in [5.74, 6) is 2.67. The van der Waals surface area contributed by atoms with E-state index in [9.17, 15) is 9.59 Å². The van der Waals surface area contributed by atoms with Crippen LogP contribution in [0.1, 0.15) is 17.7 Å². The number of nitrogens with zero attached hydrogens (tertiary/aromatic N) is 4. The van der Waals surface area contributed by atoms with Gasteiger partial charge in [0.05, 0.1) is 18.3 Å². The molecule has 3 aliphatic rings. The fourth-order valence-electron chi connectivity index (χ4n) is 3.75.